The molecule has 0 aliphatic carbocycles. The maximum absolute atomic E-state index is 13.0. The number of benzene rings is 2. The highest BCUT2D eigenvalue weighted by atomic mass is 19.1. The Morgan fingerprint density at radius 1 is 1.07 bits per heavy atom. The maximum atomic E-state index is 13.0. The average molecular weight is 370 g/mol. The van der Waals surface area contributed by atoms with Crippen molar-refractivity contribution in [2.75, 3.05) is 0 Å². The van der Waals surface area contributed by atoms with Crippen LogP contribution in [0, 0.1) is 5.82 Å². The predicted molar refractivity (Wildman–Crippen MR) is 101 cm³/mol. The highest BCUT2D eigenvalue weighted by Gasteiger charge is 2.42. The lowest BCUT2D eigenvalue weighted by atomic mass is 10.00. The second-order valence-corrected chi connectivity index (χ2v) is 5.39. The van der Waals surface area contributed by atoms with E-state index >= 15 is 0 Å². The number of halogens is 1. The number of hydrogen-bond acceptors (Lipinski definition) is 5. The molecule has 0 radical (unpaired) electrons. The summed E-state index contributed by atoms with van der Waals surface area (Å²) < 4.78 is 13.0. The first-order valence-electron chi connectivity index (χ1n) is 8.22. The highest BCUT2D eigenvalue weighted by Crippen LogP contribution is 2.47. The first-order valence-corrected chi connectivity index (χ1v) is 8.22. The van der Waals surface area contributed by atoms with Crippen LogP contribution in [0.1, 0.15) is 45.7 Å². The number of phenolic OH excluding ortho intramolecular Hbond substituents is 2. The third-order valence-electron chi connectivity index (χ3n) is 3.99. The number of aromatic hydroxyl groups is 2. The Labute approximate surface area is 155 Å². The summed E-state index contributed by atoms with van der Waals surface area (Å²) in [5.74, 6) is -3.03. The molecule has 0 fully saturated rings. The van der Waals surface area contributed by atoms with E-state index in [1.807, 2.05) is 13.8 Å². The molecule has 0 bridgehead atoms. The van der Waals surface area contributed by atoms with E-state index in [0.29, 0.717) is 5.56 Å². The molecule has 1 aliphatic heterocycles. The zero-order valence-corrected chi connectivity index (χ0v) is 15.0. The normalized spacial score (nSPS) is 12.3. The lowest BCUT2D eigenvalue weighted by molar-refractivity contribution is 0.0641. The van der Waals surface area contributed by atoms with Crippen molar-refractivity contribution in [1.82, 2.24) is 4.90 Å². The molecular weight excluding hydrogens is 351 g/mol. The number of aliphatic imine (C=N–C) groups is 1. The molecule has 0 spiro atoms. The standard InChI is InChI=1S/C18H13FN2O4.C2H6/c1-3-11-14(20-2)16(23)13-12(15(11)22)17(24)21(18(13)25)8-9-4-6-10(19)7-5-9;1-2/h3-7,22-23H,1-2,8H2;1-2H3. The summed E-state index contributed by atoms with van der Waals surface area (Å²) in [6.07, 6.45) is 1.21. The summed E-state index contributed by atoms with van der Waals surface area (Å²) in [6, 6.07) is 5.28. The van der Waals surface area contributed by atoms with Gasteiger partial charge in [0.15, 0.2) is 5.75 Å². The van der Waals surface area contributed by atoms with Gasteiger partial charge in [-0.1, -0.05) is 38.6 Å². The summed E-state index contributed by atoms with van der Waals surface area (Å²) in [5, 5.41) is 20.6. The van der Waals surface area contributed by atoms with Gasteiger partial charge in [0.25, 0.3) is 11.8 Å². The Kier molecular flexibility index (Phi) is 5.75. The van der Waals surface area contributed by atoms with Gasteiger partial charge in [0.05, 0.1) is 12.1 Å². The molecule has 2 aromatic rings. The van der Waals surface area contributed by atoms with Crippen molar-refractivity contribution in [2.45, 2.75) is 20.4 Å². The number of hydrogen-bond donors (Lipinski definition) is 2. The Hall–Kier alpha value is -3.48. The van der Waals surface area contributed by atoms with Crippen molar-refractivity contribution in [3.8, 4) is 11.5 Å². The quantitative estimate of drug-likeness (QED) is 0.483. The molecule has 2 aromatic carbocycles. The molecule has 1 aliphatic rings. The SMILES string of the molecule is C=Cc1c(O)c2c(c(O)c1N=C)C(=O)N(Cc1ccc(F)cc1)C2=O.CC. The van der Waals surface area contributed by atoms with Gasteiger partial charge in [0, 0.05) is 5.56 Å². The summed E-state index contributed by atoms with van der Waals surface area (Å²) in [5.41, 5.74) is -0.252. The molecule has 6 nitrogen and oxygen atoms in total. The van der Waals surface area contributed by atoms with Crippen LogP contribution in [-0.2, 0) is 6.54 Å². The first kappa shape index (κ1) is 19.8. The number of nitrogens with zero attached hydrogens (tertiary/aromatic N) is 2. The summed E-state index contributed by atoms with van der Waals surface area (Å²) in [7, 11) is 0. The van der Waals surface area contributed by atoms with Gasteiger partial charge >= 0.3 is 0 Å². The smallest absolute Gasteiger partial charge is 0.265 e. The van der Waals surface area contributed by atoms with E-state index in [2.05, 4.69) is 18.3 Å². The van der Waals surface area contributed by atoms with E-state index in [1.165, 1.54) is 30.3 Å². The van der Waals surface area contributed by atoms with Crippen LogP contribution < -0.4 is 0 Å². The fourth-order valence-corrected chi connectivity index (χ4v) is 2.78. The molecule has 2 N–H and O–H groups in total. The molecule has 140 valence electrons. The minimum atomic E-state index is -0.780. The number of fused-ring (bicyclic) bond motifs is 1. The largest absolute Gasteiger partial charge is 0.506 e. The van der Waals surface area contributed by atoms with Crippen LogP contribution in [0.15, 0.2) is 35.8 Å². The van der Waals surface area contributed by atoms with Gasteiger partial charge in [-0.15, -0.1) is 0 Å². The topological polar surface area (TPSA) is 90.2 Å². The van der Waals surface area contributed by atoms with Crippen molar-refractivity contribution < 1.29 is 24.2 Å². The summed E-state index contributed by atoms with van der Waals surface area (Å²) in [6.45, 7) is 10.7. The first-order chi connectivity index (χ1) is 12.9. The number of imide groups is 1. The fourth-order valence-electron chi connectivity index (χ4n) is 2.78. The number of rotatable bonds is 4. The second-order valence-electron chi connectivity index (χ2n) is 5.39. The van der Waals surface area contributed by atoms with E-state index < -0.39 is 29.1 Å². The Balaban J connectivity index is 0.00000126. The van der Waals surface area contributed by atoms with E-state index in [-0.39, 0.29) is 28.9 Å². The van der Waals surface area contributed by atoms with Crippen molar-refractivity contribution in [2.24, 2.45) is 4.99 Å². The molecule has 3 rings (SSSR count). The number of carbonyl (C=O) groups excluding carboxylic acids is 2. The van der Waals surface area contributed by atoms with Gasteiger partial charge in [-0.25, -0.2) is 4.39 Å². The molecule has 0 atom stereocenters. The van der Waals surface area contributed by atoms with Crippen LogP contribution in [0.5, 0.6) is 11.5 Å². The zero-order valence-electron chi connectivity index (χ0n) is 15.0. The van der Waals surface area contributed by atoms with E-state index in [0.717, 1.165) is 4.90 Å². The van der Waals surface area contributed by atoms with Crippen LogP contribution >= 0.6 is 0 Å². The Morgan fingerprint density at radius 3 is 2.07 bits per heavy atom. The monoisotopic (exact) mass is 370 g/mol. The second kappa shape index (κ2) is 7.82. The van der Waals surface area contributed by atoms with Gasteiger partial charge in [0.2, 0.25) is 0 Å². The van der Waals surface area contributed by atoms with E-state index in [1.54, 1.807) is 0 Å². The Bertz CT molecular complexity index is 883. The number of carbonyl (C=O) groups is 2. The van der Waals surface area contributed by atoms with Crippen LogP contribution in [0.4, 0.5) is 10.1 Å². The predicted octanol–water partition coefficient (Wildman–Crippen LogP) is 4.03. The maximum Gasteiger partial charge on any atom is 0.265 e. The molecule has 0 aromatic heterocycles. The summed E-state index contributed by atoms with van der Waals surface area (Å²) >= 11 is 0. The molecule has 27 heavy (non-hydrogen) atoms. The van der Waals surface area contributed by atoms with Gasteiger partial charge in [0.1, 0.15) is 22.8 Å². The lowest BCUT2D eigenvalue weighted by Gasteiger charge is -2.13. The molecule has 0 saturated carbocycles. The summed E-state index contributed by atoms with van der Waals surface area (Å²) in [4.78, 5) is 29.7. The minimum absolute atomic E-state index is 0.0102. The van der Waals surface area contributed by atoms with Crippen LogP contribution in [0.2, 0.25) is 0 Å². The molecular formula is C20H19FN2O4. The van der Waals surface area contributed by atoms with Crippen molar-refractivity contribution in [3.05, 3.63) is 58.9 Å². The van der Waals surface area contributed by atoms with Crippen molar-refractivity contribution in [3.63, 3.8) is 0 Å². The average Bonchev–Trinajstić information content (AvgIpc) is 2.92. The van der Waals surface area contributed by atoms with Gasteiger partial charge in [-0.2, -0.15) is 0 Å². The molecule has 0 saturated heterocycles. The van der Waals surface area contributed by atoms with Crippen molar-refractivity contribution >= 4 is 30.3 Å². The third-order valence-corrected chi connectivity index (χ3v) is 3.99. The zero-order chi connectivity index (χ0) is 20.3. The van der Waals surface area contributed by atoms with Crippen LogP contribution in [0.3, 0.4) is 0 Å². The molecule has 2 amide bonds. The fraction of sp³-hybridized carbons (Fsp3) is 0.150. The van der Waals surface area contributed by atoms with E-state index in [4.69, 9.17) is 0 Å². The third kappa shape index (κ3) is 3.19. The number of phenols is 2. The Morgan fingerprint density at radius 2 is 1.59 bits per heavy atom. The molecule has 1 heterocycles. The molecule has 0 unspecified atom stereocenters. The number of amides is 2. The lowest BCUT2D eigenvalue weighted by Crippen LogP contribution is -2.29. The molecule has 7 heteroatoms. The van der Waals surface area contributed by atoms with Crippen LogP contribution in [-0.4, -0.2) is 33.6 Å². The van der Waals surface area contributed by atoms with Gasteiger partial charge < -0.3 is 10.2 Å². The van der Waals surface area contributed by atoms with E-state index in [9.17, 15) is 24.2 Å². The van der Waals surface area contributed by atoms with Crippen LogP contribution in [0.25, 0.3) is 6.08 Å². The van der Waals surface area contributed by atoms with Crippen molar-refractivity contribution in [1.29, 1.82) is 0 Å². The van der Waals surface area contributed by atoms with Gasteiger partial charge in [-0.05, 0) is 24.4 Å². The minimum Gasteiger partial charge on any atom is -0.506 e. The van der Waals surface area contributed by atoms with Gasteiger partial charge in [-0.3, -0.25) is 19.5 Å². The highest BCUT2D eigenvalue weighted by molar-refractivity contribution is 6.25.